The summed E-state index contributed by atoms with van der Waals surface area (Å²) >= 11 is 7.90. The second kappa shape index (κ2) is 13.6. The lowest BCUT2D eigenvalue weighted by Crippen LogP contribution is -1.97. The molecule has 0 saturated carbocycles. The Morgan fingerprint density at radius 3 is 1.10 bits per heavy atom. The molecule has 0 aliphatic carbocycles. The van der Waals surface area contributed by atoms with Crippen LogP contribution >= 0.6 is 31.9 Å². The number of aromatic amines is 2. The number of fused-ring (bicyclic) bond motifs is 8. The fourth-order valence-electron chi connectivity index (χ4n) is 6.72. The van der Waals surface area contributed by atoms with Crippen LogP contribution in [0.5, 0.6) is 0 Å². The lowest BCUT2D eigenvalue weighted by atomic mass is 9.90. The summed E-state index contributed by atoms with van der Waals surface area (Å²) in [5.41, 5.74) is 17.3. The van der Waals surface area contributed by atoms with Crippen LogP contribution in [-0.2, 0) is 0 Å². The number of rotatable bonds is 6. The van der Waals surface area contributed by atoms with Crippen molar-refractivity contribution in [2.24, 2.45) is 0 Å². The van der Waals surface area contributed by atoms with Crippen LogP contribution in [0.1, 0.15) is 124 Å². The van der Waals surface area contributed by atoms with Crippen LogP contribution < -0.4 is 0 Å². The van der Waals surface area contributed by atoms with Crippen molar-refractivity contribution in [2.75, 3.05) is 0 Å². The normalized spacial score (nSPS) is 12.8. The third kappa shape index (κ3) is 6.49. The van der Waals surface area contributed by atoms with E-state index < -0.39 is 0 Å². The SMILES string of the molecule is CC(C)c1cc(-c2c3nc(c(Br)c4ccc([nH]4)c(-c4cc(C(C)C)cc(C(C)C)c4)c4ccc([nH]4)c(Br)c4nc2C=C4)C=C3)cc(C(C)C)c1. The van der Waals surface area contributed by atoms with E-state index in [4.69, 9.17) is 9.97 Å². The molecule has 254 valence electrons. The maximum absolute atomic E-state index is 5.25. The van der Waals surface area contributed by atoms with Gasteiger partial charge in [0, 0.05) is 22.2 Å². The molecule has 7 rings (SSSR count). The van der Waals surface area contributed by atoms with E-state index in [2.05, 4.69) is 182 Å². The summed E-state index contributed by atoms with van der Waals surface area (Å²) < 4.78 is 1.83. The highest BCUT2D eigenvalue weighted by molar-refractivity contribution is 9.11. The molecule has 2 aromatic carbocycles. The smallest absolute Gasteiger partial charge is 0.0801 e. The summed E-state index contributed by atoms with van der Waals surface area (Å²) in [4.78, 5) is 18.0. The van der Waals surface area contributed by atoms with Gasteiger partial charge in [0.1, 0.15) is 0 Å². The summed E-state index contributed by atoms with van der Waals surface area (Å²) in [6.07, 6.45) is 8.44. The highest BCUT2D eigenvalue weighted by Gasteiger charge is 2.20. The molecular formula is C44H44Br2N4. The van der Waals surface area contributed by atoms with Crippen molar-refractivity contribution in [3.8, 4) is 22.3 Å². The number of nitrogens with zero attached hydrogens (tertiary/aromatic N) is 2. The zero-order valence-electron chi connectivity index (χ0n) is 30.0. The van der Waals surface area contributed by atoms with E-state index in [0.29, 0.717) is 23.7 Å². The first kappa shape index (κ1) is 34.4. The summed E-state index contributed by atoms with van der Waals surface area (Å²) in [6.45, 7) is 18.1. The second-order valence-electron chi connectivity index (χ2n) is 14.8. The molecule has 4 nitrogen and oxygen atoms in total. The van der Waals surface area contributed by atoms with E-state index in [9.17, 15) is 0 Å². The molecule has 2 aliphatic heterocycles. The number of halogens is 2. The first-order chi connectivity index (χ1) is 23.9. The largest absolute Gasteiger partial charge is 0.354 e. The molecule has 0 amide bonds. The molecule has 5 aromatic rings. The molecule has 2 N–H and O–H groups in total. The van der Waals surface area contributed by atoms with Gasteiger partial charge in [-0.05, 0) is 137 Å². The van der Waals surface area contributed by atoms with Gasteiger partial charge < -0.3 is 9.97 Å². The molecule has 0 atom stereocenters. The van der Waals surface area contributed by atoms with Crippen molar-refractivity contribution in [3.05, 3.63) is 115 Å². The van der Waals surface area contributed by atoms with Gasteiger partial charge in [0.25, 0.3) is 0 Å². The van der Waals surface area contributed by atoms with Crippen molar-refractivity contribution >= 4 is 78.2 Å². The van der Waals surface area contributed by atoms with E-state index >= 15 is 0 Å². The number of benzene rings is 2. The van der Waals surface area contributed by atoms with Gasteiger partial charge in [-0.15, -0.1) is 0 Å². The average molecular weight is 789 g/mol. The van der Waals surface area contributed by atoms with E-state index in [-0.39, 0.29) is 0 Å². The first-order valence-corrected chi connectivity index (χ1v) is 19.2. The Labute approximate surface area is 312 Å². The minimum Gasteiger partial charge on any atom is -0.354 e. The van der Waals surface area contributed by atoms with Gasteiger partial charge in [-0.1, -0.05) is 91.8 Å². The molecular weight excluding hydrogens is 744 g/mol. The van der Waals surface area contributed by atoms with Crippen molar-refractivity contribution in [2.45, 2.75) is 79.1 Å². The van der Waals surface area contributed by atoms with Gasteiger partial charge in [0.05, 0.1) is 42.8 Å². The standard InChI is InChI=1S/C44H44Br2N4/c1-23(2)27-17-28(24(3)4)20-31(19-27)41-33-9-13-37(47-33)43(45)39-15-11-35(49-39)42(32-21-29(25(5)6)18-30(22-32)26(7)8)36-12-16-40(50-36)44(46)38-14-10-34(41)48-38/h9-26,47-48H,1-8H3. The van der Waals surface area contributed by atoms with Crippen LogP contribution in [0.15, 0.2) is 69.6 Å². The minimum absolute atomic E-state index is 0.395. The maximum Gasteiger partial charge on any atom is 0.0801 e. The Bertz CT molecular complexity index is 2210. The van der Waals surface area contributed by atoms with Crippen LogP contribution in [0.2, 0.25) is 0 Å². The minimum atomic E-state index is 0.395. The summed E-state index contributed by atoms with van der Waals surface area (Å²) in [6, 6.07) is 22.7. The number of H-pyrrole nitrogens is 2. The molecule has 0 spiro atoms. The fraction of sp³-hybridized carbons (Fsp3) is 0.273. The highest BCUT2D eigenvalue weighted by Crippen LogP contribution is 2.39. The third-order valence-electron chi connectivity index (χ3n) is 9.82. The molecule has 50 heavy (non-hydrogen) atoms. The molecule has 0 unspecified atom stereocenters. The number of hydrogen-bond donors (Lipinski definition) is 2. The first-order valence-electron chi connectivity index (χ1n) is 17.7. The number of aromatic nitrogens is 4. The van der Waals surface area contributed by atoms with E-state index in [1.807, 2.05) is 0 Å². The molecule has 0 radical (unpaired) electrons. The Morgan fingerprint density at radius 1 is 0.420 bits per heavy atom. The fourth-order valence-corrected chi connectivity index (χ4v) is 7.62. The van der Waals surface area contributed by atoms with Crippen molar-refractivity contribution in [1.82, 2.24) is 19.9 Å². The van der Waals surface area contributed by atoms with Gasteiger partial charge in [-0.3, -0.25) is 0 Å². The molecule has 0 saturated heterocycles. The third-order valence-corrected chi connectivity index (χ3v) is 11.5. The molecule has 8 bridgehead atoms. The summed E-state index contributed by atoms with van der Waals surface area (Å²) in [5.74, 6) is 1.60. The van der Waals surface area contributed by atoms with Crippen LogP contribution in [0.25, 0.3) is 68.6 Å². The van der Waals surface area contributed by atoms with Gasteiger partial charge in [-0.2, -0.15) is 0 Å². The van der Waals surface area contributed by atoms with Crippen molar-refractivity contribution in [3.63, 3.8) is 0 Å². The average Bonchev–Trinajstić information content (AvgIpc) is 3.92. The highest BCUT2D eigenvalue weighted by atomic mass is 79.9. The lowest BCUT2D eigenvalue weighted by molar-refractivity contribution is 0.834. The molecule has 2 aliphatic rings. The number of nitrogens with one attached hydrogen (secondary N) is 2. The van der Waals surface area contributed by atoms with Crippen molar-refractivity contribution in [1.29, 1.82) is 0 Å². The molecule has 6 heteroatoms. The maximum atomic E-state index is 5.25. The van der Waals surface area contributed by atoms with Crippen molar-refractivity contribution < 1.29 is 0 Å². The van der Waals surface area contributed by atoms with E-state index in [0.717, 1.165) is 70.5 Å². The van der Waals surface area contributed by atoms with E-state index in [1.54, 1.807) is 0 Å². The molecule has 3 aromatic heterocycles. The Kier molecular flexibility index (Phi) is 9.38. The van der Waals surface area contributed by atoms with Crippen LogP contribution in [0, 0.1) is 0 Å². The zero-order chi connectivity index (χ0) is 35.4. The van der Waals surface area contributed by atoms with Gasteiger partial charge in [0.15, 0.2) is 0 Å². The lowest BCUT2D eigenvalue weighted by Gasteiger charge is -2.15. The molecule has 5 heterocycles. The monoisotopic (exact) mass is 786 g/mol. The quantitative estimate of drug-likeness (QED) is 0.176. The summed E-state index contributed by atoms with van der Waals surface area (Å²) in [5, 5.41) is 0. The predicted octanol–water partition coefficient (Wildman–Crippen LogP) is 14.0. The molecule has 0 fully saturated rings. The van der Waals surface area contributed by atoms with Crippen LogP contribution in [-0.4, -0.2) is 19.9 Å². The Balaban J connectivity index is 1.59. The topological polar surface area (TPSA) is 57.4 Å². The predicted molar refractivity (Wildman–Crippen MR) is 221 cm³/mol. The van der Waals surface area contributed by atoms with Gasteiger partial charge in [-0.25, -0.2) is 9.97 Å². The van der Waals surface area contributed by atoms with Crippen LogP contribution in [0.4, 0.5) is 0 Å². The Morgan fingerprint density at radius 2 is 0.740 bits per heavy atom. The Hall–Kier alpha value is -4.00. The van der Waals surface area contributed by atoms with E-state index in [1.165, 1.54) is 27.8 Å². The second-order valence-corrected chi connectivity index (χ2v) is 16.4. The van der Waals surface area contributed by atoms with Gasteiger partial charge >= 0.3 is 0 Å². The summed E-state index contributed by atoms with van der Waals surface area (Å²) in [7, 11) is 0. The van der Waals surface area contributed by atoms with Gasteiger partial charge in [0.2, 0.25) is 0 Å². The van der Waals surface area contributed by atoms with Crippen LogP contribution in [0.3, 0.4) is 0 Å². The number of hydrogen-bond acceptors (Lipinski definition) is 2. The zero-order valence-corrected chi connectivity index (χ0v) is 33.2.